The van der Waals surface area contributed by atoms with Gasteiger partial charge in [0, 0.05) is 11.6 Å². The molecule has 0 spiro atoms. The van der Waals surface area contributed by atoms with E-state index in [9.17, 15) is 8.78 Å². The topological polar surface area (TPSA) is 12.0 Å². The molecule has 1 unspecified atom stereocenters. The van der Waals surface area contributed by atoms with Crippen LogP contribution in [0.2, 0.25) is 0 Å². The maximum atomic E-state index is 14.3. The largest absolute Gasteiger partial charge is 0.310 e. The van der Waals surface area contributed by atoms with Crippen molar-refractivity contribution in [1.29, 1.82) is 0 Å². The molecule has 1 aromatic carbocycles. The van der Waals surface area contributed by atoms with E-state index in [0.29, 0.717) is 11.5 Å². The van der Waals surface area contributed by atoms with Crippen LogP contribution >= 0.6 is 0 Å². The second-order valence-corrected chi connectivity index (χ2v) is 5.98. The standard InChI is InChI=1S/C17H25F2N/c1-3-10-20-15(11-13-6-4-5-7-13)16-14(18)9-8-12(2)17(16)19/h8-9,13,15,20H,3-7,10-11H2,1-2H3. The average Bonchev–Trinajstić information content (AvgIpc) is 2.93. The fourth-order valence-corrected chi connectivity index (χ4v) is 3.20. The minimum Gasteiger partial charge on any atom is -0.310 e. The van der Waals surface area contributed by atoms with Gasteiger partial charge in [0.05, 0.1) is 0 Å². The van der Waals surface area contributed by atoms with Gasteiger partial charge in [-0.1, -0.05) is 38.7 Å². The lowest BCUT2D eigenvalue weighted by Crippen LogP contribution is -2.26. The highest BCUT2D eigenvalue weighted by Gasteiger charge is 2.25. The van der Waals surface area contributed by atoms with E-state index in [-0.39, 0.29) is 17.4 Å². The molecule has 1 aliphatic rings. The molecular formula is C17H25F2N. The Morgan fingerprint density at radius 1 is 1.25 bits per heavy atom. The summed E-state index contributed by atoms with van der Waals surface area (Å²) < 4.78 is 28.4. The molecule has 1 fully saturated rings. The summed E-state index contributed by atoms with van der Waals surface area (Å²) in [6.45, 7) is 4.57. The van der Waals surface area contributed by atoms with E-state index in [2.05, 4.69) is 12.2 Å². The predicted octanol–water partition coefficient (Wildman–Crippen LogP) is 4.89. The monoisotopic (exact) mass is 281 g/mol. The number of aryl methyl sites for hydroxylation is 1. The molecule has 1 aliphatic carbocycles. The fraction of sp³-hybridized carbons (Fsp3) is 0.647. The smallest absolute Gasteiger partial charge is 0.133 e. The van der Waals surface area contributed by atoms with Crippen LogP contribution < -0.4 is 5.32 Å². The van der Waals surface area contributed by atoms with E-state index in [0.717, 1.165) is 19.4 Å². The van der Waals surface area contributed by atoms with Gasteiger partial charge in [-0.3, -0.25) is 0 Å². The molecule has 0 saturated heterocycles. The van der Waals surface area contributed by atoms with Gasteiger partial charge >= 0.3 is 0 Å². The van der Waals surface area contributed by atoms with Gasteiger partial charge in [-0.2, -0.15) is 0 Å². The molecule has 1 saturated carbocycles. The maximum Gasteiger partial charge on any atom is 0.133 e. The number of halogens is 2. The number of benzene rings is 1. The van der Waals surface area contributed by atoms with Crippen LogP contribution in [0.3, 0.4) is 0 Å². The lowest BCUT2D eigenvalue weighted by Gasteiger charge is -2.24. The first-order valence-electron chi connectivity index (χ1n) is 7.81. The Kier molecular flexibility index (Phi) is 5.53. The summed E-state index contributed by atoms with van der Waals surface area (Å²) in [5, 5.41) is 3.34. The molecule has 112 valence electrons. The maximum absolute atomic E-state index is 14.3. The van der Waals surface area contributed by atoms with Crippen molar-refractivity contribution in [3.05, 3.63) is 34.9 Å². The molecule has 0 heterocycles. The predicted molar refractivity (Wildman–Crippen MR) is 78.7 cm³/mol. The van der Waals surface area contributed by atoms with Crippen molar-refractivity contribution in [3.63, 3.8) is 0 Å². The normalized spacial score (nSPS) is 17.6. The van der Waals surface area contributed by atoms with E-state index in [4.69, 9.17) is 0 Å². The lowest BCUT2D eigenvalue weighted by molar-refractivity contribution is 0.373. The van der Waals surface area contributed by atoms with Crippen LogP contribution in [0.4, 0.5) is 8.78 Å². The van der Waals surface area contributed by atoms with Gasteiger partial charge in [-0.05, 0) is 43.9 Å². The van der Waals surface area contributed by atoms with E-state index >= 15 is 0 Å². The van der Waals surface area contributed by atoms with E-state index in [1.807, 2.05) is 0 Å². The van der Waals surface area contributed by atoms with Crippen molar-refractivity contribution in [2.45, 2.75) is 58.4 Å². The van der Waals surface area contributed by atoms with Gasteiger partial charge < -0.3 is 5.32 Å². The van der Waals surface area contributed by atoms with Crippen LogP contribution in [0.1, 0.15) is 62.6 Å². The lowest BCUT2D eigenvalue weighted by atomic mass is 9.92. The van der Waals surface area contributed by atoms with Gasteiger partial charge in [-0.15, -0.1) is 0 Å². The third-order valence-corrected chi connectivity index (χ3v) is 4.35. The Hall–Kier alpha value is -0.960. The number of hydrogen-bond donors (Lipinski definition) is 1. The Morgan fingerprint density at radius 2 is 1.95 bits per heavy atom. The molecular weight excluding hydrogens is 256 g/mol. The van der Waals surface area contributed by atoms with Crippen LogP contribution in [-0.4, -0.2) is 6.54 Å². The number of nitrogens with one attached hydrogen (secondary N) is 1. The van der Waals surface area contributed by atoms with Crippen molar-refractivity contribution < 1.29 is 8.78 Å². The van der Waals surface area contributed by atoms with Crippen molar-refractivity contribution >= 4 is 0 Å². The highest BCUT2D eigenvalue weighted by molar-refractivity contribution is 5.29. The van der Waals surface area contributed by atoms with Gasteiger partial charge in [0.25, 0.3) is 0 Å². The molecule has 0 radical (unpaired) electrons. The van der Waals surface area contributed by atoms with Crippen molar-refractivity contribution in [1.82, 2.24) is 5.32 Å². The Labute approximate surface area is 120 Å². The quantitative estimate of drug-likeness (QED) is 0.782. The summed E-state index contributed by atoms with van der Waals surface area (Å²) >= 11 is 0. The van der Waals surface area contributed by atoms with Crippen LogP contribution in [0, 0.1) is 24.5 Å². The van der Waals surface area contributed by atoms with Gasteiger partial charge in [0.15, 0.2) is 0 Å². The molecule has 0 amide bonds. The minimum atomic E-state index is -0.417. The zero-order valence-electron chi connectivity index (χ0n) is 12.5. The Morgan fingerprint density at radius 3 is 2.60 bits per heavy atom. The highest BCUT2D eigenvalue weighted by atomic mass is 19.1. The van der Waals surface area contributed by atoms with Gasteiger partial charge in [0.1, 0.15) is 11.6 Å². The van der Waals surface area contributed by atoms with Crippen LogP contribution in [0.25, 0.3) is 0 Å². The fourth-order valence-electron chi connectivity index (χ4n) is 3.20. The zero-order chi connectivity index (χ0) is 14.5. The second kappa shape index (κ2) is 7.16. The molecule has 1 N–H and O–H groups in total. The first-order valence-corrected chi connectivity index (χ1v) is 7.81. The van der Waals surface area contributed by atoms with Crippen LogP contribution in [-0.2, 0) is 0 Å². The molecule has 1 atom stereocenters. The molecule has 0 aliphatic heterocycles. The van der Waals surface area contributed by atoms with E-state index in [1.54, 1.807) is 6.92 Å². The minimum absolute atomic E-state index is 0.196. The number of rotatable bonds is 6. The summed E-state index contributed by atoms with van der Waals surface area (Å²) in [5.74, 6) is -0.194. The van der Waals surface area contributed by atoms with Gasteiger partial charge in [0.2, 0.25) is 0 Å². The Balaban J connectivity index is 2.22. The van der Waals surface area contributed by atoms with Crippen LogP contribution in [0.15, 0.2) is 12.1 Å². The molecule has 1 aromatic rings. The molecule has 1 nitrogen and oxygen atoms in total. The van der Waals surface area contributed by atoms with Crippen LogP contribution in [0.5, 0.6) is 0 Å². The SMILES string of the molecule is CCCNC(CC1CCCC1)c1c(F)ccc(C)c1F. The summed E-state index contributed by atoms with van der Waals surface area (Å²) in [7, 11) is 0. The van der Waals surface area contributed by atoms with Gasteiger partial charge in [-0.25, -0.2) is 8.78 Å². The summed E-state index contributed by atoms with van der Waals surface area (Å²) in [5.41, 5.74) is 0.765. The summed E-state index contributed by atoms with van der Waals surface area (Å²) in [4.78, 5) is 0. The highest BCUT2D eigenvalue weighted by Crippen LogP contribution is 2.35. The summed E-state index contributed by atoms with van der Waals surface area (Å²) in [6, 6.07) is 2.71. The number of hydrogen-bond acceptors (Lipinski definition) is 1. The van der Waals surface area contributed by atoms with E-state index < -0.39 is 5.82 Å². The van der Waals surface area contributed by atoms with E-state index in [1.165, 1.54) is 37.8 Å². The zero-order valence-corrected chi connectivity index (χ0v) is 12.5. The molecule has 20 heavy (non-hydrogen) atoms. The second-order valence-electron chi connectivity index (χ2n) is 5.98. The average molecular weight is 281 g/mol. The molecule has 0 aromatic heterocycles. The summed E-state index contributed by atoms with van der Waals surface area (Å²) in [6.07, 6.45) is 6.71. The van der Waals surface area contributed by atoms with Crippen molar-refractivity contribution in [2.75, 3.05) is 6.54 Å². The Bertz CT molecular complexity index is 439. The first-order chi connectivity index (χ1) is 9.63. The molecule has 3 heteroatoms. The third-order valence-electron chi connectivity index (χ3n) is 4.35. The van der Waals surface area contributed by atoms with Crippen molar-refractivity contribution in [2.24, 2.45) is 5.92 Å². The third kappa shape index (κ3) is 3.57. The molecule has 2 rings (SSSR count). The molecule has 0 bridgehead atoms. The van der Waals surface area contributed by atoms with Crippen molar-refractivity contribution in [3.8, 4) is 0 Å². The first kappa shape index (κ1) is 15.4.